The molecule has 2 N–H and O–H groups in total. The van der Waals surface area contributed by atoms with Gasteiger partial charge in [-0.2, -0.15) is 0 Å². The van der Waals surface area contributed by atoms with E-state index in [4.69, 9.17) is 10.5 Å². The van der Waals surface area contributed by atoms with Gasteiger partial charge in [-0.15, -0.1) is 11.8 Å². The first-order chi connectivity index (χ1) is 9.11. The minimum atomic E-state index is -0.397. The van der Waals surface area contributed by atoms with Crippen molar-refractivity contribution in [1.82, 2.24) is 0 Å². The molecule has 2 aromatic rings. The lowest BCUT2D eigenvalue weighted by Crippen LogP contribution is -2.05. The summed E-state index contributed by atoms with van der Waals surface area (Å²) in [5.74, 6) is 0.471. The lowest BCUT2D eigenvalue weighted by atomic mass is 10.1. The summed E-state index contributed by atoms with van der Waals surface area (Å²) in [6, 6.07) is 12.2. The van der Waals surface area contributed by atoms with Gasteiger partial charge >= 0.3 is 0 Å². The number of nitrogens with two attached hydrogens (primary N) is 1. The van der Waals surface area contributed by atoms with Crippen LogP contribution in [-0.2, 0) is 0 Å². The smallest absolute Gasteiger partial charge is 0.166 e. The van der Waals surface area contributed by atoms with Crippen LogP contribution in [0.2, 0.25) is 0 Å². The van der Waals surface area contributed by atoms with E-state index >= 15 is 0 Å². The number of ether oxygens (including phenoxy) is 1. The average molecular weight is 277 g/mol. The SMILES string of the molecule is CSc1ccccc1Oc1ccc(C(C)N)cc1F. The molecule has 0 aliphatic carbocycles. The van der Waals surface area contributed by atoms with Gasteiger partial charge in [-0.3, -0.25) is 0 Å². The third-order valence-corrected chi connectivity index (χ3v) is 3.55. The molecule has 0 saturated heterocycles. The maximum Gasteiger partial charge on any atom is 0.166 e. The molecule has 0 aliphatic heterocycles. The van der Waals surface area contributed by atoms with Crippen molar-refractivity contribution in [2.45, 2.75) is 17.9 Å². The van der Waals surface area contributed by atoms with Gasteiger partial charge in [0.05, 0.1) is 0 Å². The molecule has 2 aromatic carbocycles. The number of thioether (sulfide) groups is 1. The Morgan fingerprint density at radius 1 is 1.16 bits per heavy atom. The lowest BCUT2D eigenvalue weighted by Gasteiger charge is -2.12. The Bertz CT molecular complexity index is 572. The van der Waals surface area contributed by atoms with Crippen LogP contribution in [0.25, 0.3) is 0 Å². The lowest BCUT2D eigenvalue weighted by molar-refractivity contribution is 0.433. The van der Waals surface area contributed by atoms with Crippen LogP contribution in [0.4, 0.5) is 4.39 Å². The maximum atomic E-state index is 13.9. The molecule has 0 spiro atoms. The van der Waals surface area contributed by atoms with Crippen molar-refractivity contribution < 1.29 is 9.13 Å². The fraction of sp³-hybridized carbons (Fsp3) is 0.200. The second-order valence-electron chi connectivity index (χ2n) is 4.23. The predicted octanol–water partition coefficient (Wildman–Crippen LogP) is 4.36. The van der Waals surface area contributed by atoms with E-state index in [1.807, 2.05) is 37.4 Å². The highest BCUT2D eigenvalue weighted by molar-refractivity contribution is 7.98. The summed E-state index contributed by atoms with van der Waals surface area (Å²) in [6.07, 6.45) is 1.96. The van der Waals surface area contributed by atoms with Crippen molar-refractivity contribution in [1.29, 1.82) is 0 Å². The zero-order chi connectivity index (χ0) is 13.8. The van der Waals surface area contributed by atoms with Crippen LogP contribution in [0, 0.1) is 5.82 Å². The van der Waals surface area contributed by atoms with Gasteiger partial charge in [0.25, 0.3) is 0 Å². The third-order valence-electron chi connectivity index (χ3n) is 2.77. The van der Waals surface area contributed by atoms with Crippen LogP contribution in [0.3, 0.4) is 0 Å². The van der Waals surface area contributed by atoms with Crippen LogP contribution in [-0.4, -0.2) is 6.26 Å². The first kappa shape index (κ1) is 13.9. The standard InChI is InChI=1S/C15H16FNOS/c1-10(17)11-7-8-13(12(16)9-11)18-14-5-3-4-6-15(14)19-2/h3-10H,17H2,1-2H3. The van der Waals surface area contributed by atoms with E-state index in [0.717, 1.165) is 10.5 Å². The van der Waals surface area contributed by atoms with Gasteiger partial charge in [0.15, 0.2) is 11.6 Å². The molecule has 1 unspecified atom stereocenters. The first-order valence-corrected chi connectivity index (χ1v) is 7.20. The highest BCUT2D eigenvalue weighted by atomic mass is 32.2. The monoisotopic (exact) mass is 277 g/mol. The topological polar surface area (TPSA) is 35.2 Å². The van der Waals surface area contributed by atoms with E-state index in [1.54, 1.807) is 23.9 Å². The molecule has 0 heterocycles. The summed E-state index contributed by atoms with van der Waals surface area (Å²) in [6.45, 7) is 1.82. The van der Waals surface area contributed by atoms with Crippen molar-refractivity contribution in [3.8, 4) is 11.5 Å². The van der Waals surface area contributed by atoms with Gasteiger partial charge in [0.1, 0.15) is 5.75 Å². The molecule has 2 rings (SSSR count). The molecule has 0 aromatic heterocycles. The second-order valence-corrected chi connectivity index (χ2v) is 5.08. The van der Waals surface area contributed by atoms with E-state index in [1.165, 1.54) is 6.07 Å². The summed E-state index contributed by atoms with van der Waals surface area (Å²) in [5.41, 5.74) is 6.47. The Kier molecular flexibility index (Phi) is 4.45. The molecule has 0 radical (unpaired) electrons. The van der Waals surface area contributed by atoms with Gasteiger partial charge in [-0.1, -0.05) is 18.2 Å². The summed E-state index contributed by atoms with van der Waals surface area (Å²) < 4.78 is 19.6. The van der Waals surface area contributed by atoms with E-state index < -0.39 is 5.82 Å². The molecule has 0 amide bonds. The highest BCUT2D eigenvalue weighted by Gasteiger charge is 2.10. The molecule has 19 heavy (non-hydrogen) atoms. The summed E-state index contributed by atoms with van der Waals surface area (Å²) in [5, 5.41) is 0. The zero-order valence-electron chi connectivity index (χ0n) is 10.9. The normalized spacial score (nSPS) is 12.2. The second kappa shape index (κ2) is 6.08. The summed E-state index contributed by atoms with van der Waals surface area (Å²) >= 11 is 1.56. The molecular weight excluding hydrogens is 261 g/mol. The van der Waals surface area contributed by atoms with E-state index in [0.29, 0.717) is 5.75 Å². The Morgan fingerprint density at radius 2 is 1.89 bits per heavy atom. The minimum Gasteiger partial charge on any atom is -0.453 e. The highest BCUT2D eigenvalue weighted by Crippen LogP contribution is 2.32. The van der Waals surface area contributed by atoms with E-state index in [9.17, 15) is 4.39 Å². The van der Waals surface area contributed by atoms with Crippen LogP contribution in [0.1, 0.15) is 18.5 Å². The molecule has 1 atom stereocenters. The third kappa shape index (κ3) is 3.28. The zero-order valence-corrected chi connectivity index (χ0v) is 11.7. The van der Waals surface area contributed by atoms with Crippen molar-refractivity contribution in [2.24, 2.45) is 5.73 Å². The first-order valence-electron chi connectivity index (χ1n) is 5.97. The molecular formula is C15H16FNOS. The number of para-hydroxylation sites is 1. The molecule has 0 aliphatic rings. The molecule has 2 nitrogen and oxygen atoms in total. The van der Waals surface area contributed by atoms with Gasteiger partial charge in [-0.05, 0) is 43.0 Å². The van der Waals surface area contributed by atoms with Gasteiger partial charge < -0.3 is 10.5 Å². The number of benzene rings is 2. The fourth-order valence-electron chi connectivity index (χ4n) is 1.70. The van der Waals surface area contributed by atoms with Crippen LogP contribution < -0.4 is 10.5 Å². The van der Waals surface area contributed by atoms with Crippen LogP contribution >= 0.6 is 11.8 Å². The Balaban J connectivity index is 2.28. The summed E-state index contributed by atoms with van der Waals surface area (Å²) in [4.78, 5) is 0.971. The molecule has 0 saturated carbocycles. The molecule has 4 heteroatoms. The van der Waals surface area contributed by atoms with Crippen LogP contribution in [0.15, 0.2) is 47.4 Å². The largest absolute Gasteiger partial charge is 0.453 e. The summed E-state index contributed by atoms with van der Waals surface area (Å²) in [7, 11) is 0. The van der Waals surface area contributed by atoms with Gasteiger partial charge in [-0.25, -0.2) is 4.39 Å². The average Bonchev–Trinajstić information content (AvgIpc) is 2.41. The van der Waals surface area contributed by atoms with Crippen molar-refractivity contribution >= 4 is 11.8 Å². The minimum absolute atomic E-state index is 0.193. The van der Waals surface area contributed by atoms with E-state index in [-0.39, 0.29) is 11.8 Å². The number of rotatable bonds is 4. The molecule has 0 bridgehead atoms. The number of hydrogen-bond acceptors (Lipinski definition) is 3. The van der Waals surface area contributed by atoms with Gasteiger partial charge in [0.2, 0.25) is 0 Å². The van der Waals surface area contributed by atoms with Crippen molar-refractivity contribution in [3.05, 3.63) is 53.8 Å². The van der Waals surface area contributed by atoms with Crippen molar-refractivity contribution in [3.63, 3.8) is 0 Å². The van der Waals surface area contributed by atoms with E-state index in [2.05, 4.69) is 0 Å². The Hall–Kier alpha value is -1.52. The van der Waals surface area contributed by atoms with Crippen molar-refractivity contribution in [2.75, 3.05) is 6.26 Å². The molecule has 0 fully saturated rings. The number of hydrogen-bond donors (Lipinski definition) is 1. The Labute approximate surface area is 116 Å². The van der Waals surface area contributed by atoms with Crippen LogP contribution in [0.5, 0.6) is 11.5 Å². The predicted molar refractivity (Wildman–Crippen MR) is 77.3 cm³/mol. The number of halogens is 1. The maximum absolute atomic E-state index is 13.9. The fourth-order valence-corrected chi connectivity index (χ4v) is 2.23. The molecule has 100 valence electrons. The Morgan fingerprint density at radius 3 is 2.53 bits per heavy atom. The van der Waals surface area contributed by atoms with Gasteiger partial charge in [0, 0.05) is 10.9 Å². The quantitative estimate of drug-likeness (QED) is 0.843.